The van der Waals surface area contributed by atoms with Gasteiger partial charge in [-0.3, -0.25) is 14.9 Å². The Balaban J connectivity index is 1.73. The van der Waals surface area contributed by atoms with Crippen molar-refractivity contribution in [3.05, 3.63) is 52.4 Å². The van der Waals surface area contributed by atoms with E-state index in [0.29, 0.717) is 17.9 Å². The van der Waals surface area contributed by atoms with E-state index in [1.807, 2.05) is 36.4 Å². The Kier molecular flexibility index (Phi) is 4.72. The maximum atomic E-state index is 13.2. The number of aliphatic hydroxyl groups excluding tert-OH is 1. The number of hydrogen-bond donors (Lipinski definition) is 2. The number of rotatable bonds is 4. The number of hydrogen-bond acceptors (Lipinski definition) is 5. The smallest absolute Gasteiger partial charge is 0.258 e. The number of pyridine rings is 1. The molecule has 4 rings (SSSR count). The molecule has 0 radical (unpaired) electrons. The number of carbonyl (C=O) groups excluding carboxylic acids is 1. The van der Waals surface area contributed by atoms with Gasteiger partial charge in [-0.25, -0.2) is 0 Å². The van der Waals surface area contributed by atoms with Gasteiger partial charge in [-0.15, -0.1) is 0 Å². The van der Waals surface area contributed by atoms with E-state index in [-0.39, 0.29) is 36.0 Å². The fraction of sp³-hybridized carbons (Fsp3) is 0.429. The number of aliphatic hydroxyl groups is 1. The fourth-order valence-electron chi connectivity index (χ4n) is 4.59. The van der Waals surface area contributed by atoms with Crippen LogP contribution in [-0.2, 0) is 11.3 Å². The van der Waals surface area contributed by atoms with Crippen molar-refractivity contribution in [3.8, 4) is 16.9 Å². The SMILES string of the molecule is COc1ccccc1-c1ccc2n(c1=O)C[C@H]1[C@H](CO)[C@@H](C(=O)N(C)C)N[C@@H]21. The highest BCUT2D eigenvalue weighted by atomic mass is 16.5. The van der Waals surface area contributed by atoms with Crippen LogP contribution in [0.1, 0.15) is 11.7 Å². The minimum atomic E-state index is -0.437. The van der Waals surface area contributed by atoms with E-state index >= 15 is 0 Å². The maximum absolute atomic E-state index is 13.2. The van der Waals surface area contributed by atoms with Crippen molar-refractivity contribution in [2.24, 2.45) is 11.8 Å². The summed E-state index contributed by atoms with van der Waals surface area (Å²) >= 11 is 0. The van der Waals surface area contributed by atoms with Gasteiger partial charge in [0.05, 0.1) is 24.8 Å². The van der Waals surface area contributed by atoms with Gasteiger partial charge in [0.25, 0.3) is 5.56 Å². The van der Waals surface area contributed by atoms with Crippen molar-refractivity contribution >= 4 is 5.91 Å². The Morgan fingerprint density at radius 1 is 1.25 bits per heavy atom. The monoisotopic (exact) mass is 383 g/mol. The lowest BCUT2D eigenvalue weighted by Gasteiger charge is -2.23. The summed E-state index contributed by atoms with van der Waals surface area (Å²) in [5.74, 6) is 0.378. The number of methoxy groups -OCH3 is 1. The number of benzene rings is 1. The largest absolute Gasteiger partial charge is 0.496 e. The summed E-state index contributed by atoms with van der Waals surface area (Å²) in [6.45, 7) is 0.387. The minimum absolute atomic E-state index is 0.000445. The average Bonchev–Trinajstić information content (AvgIpc) is 3.24. The third kappa shape index (κ3) is 2.73. The summed E-state index contributed by atoms with van der Waals surface area (Å²) in [5.41, 5.74) is 2.13. The number of amides is 1. The number of carbonyl (C=O) groups is 1. The molecule has 4 atom stereocenters. The van der Waals surface area contributed by atoms with Crippen LogP contribution in [0, 0.1) is 11.8 Å². The molecule has 0 bridgehead atoms. The van der Waals surface area contributed by atoms with Gasteiger partial charge in [-0.05, 0) is 18.2 Å². The Hall–Kier alpha value is -2.64. The number of nitrogens with one attached hydrogen (secondary N) is 1. The van der Waals surface area contributed by atoms with Crippen LogP contribution in [-0.4, -0.2) is 54.3 Å². The summed E-state index contributed by atoms with van der Waals surface area (Å²) in [5, 5.41) is 13.3. The van der Waals surface area contributed by atoms with Crippen LogP contribution < -0.4 is 15.6 Å². The second kappa shape index (κ2) is 7.07. The number of ether oxygens (including phenoxy) is 1. The summed E-state index contributed by atoms with van der Waals surface area (Å²) in [4.78, 5) is 27.3. The molecule has 148 valence electrons. The summed E-state index contributed by atoms with van der Waals surface area (Å²) in [6.07, 6.45) is 0. The van der Waals surface area contributed by atoms with E-state index in [2.05, 4.69) is 5.32 Å². The van der Waals surface area contributed by atoms with Crippen molar-refractivity contribution in [2.45, 2.75) is 18.6 Å². The van der Waals surface area contributed by atoms with Crippen LogP contribution in [0.3, 0.4) is 0 Å². The molecule has 1 fully saturated rings. The quantitative estimate of drug-likeness (QED) is 0.818. The second-order valence-corrected chi connectivity index (χ2v) is 7.65. The van der Waals surface area contributed by atoms with E-state index in [9.17, 15) is 14.7 Å². The lowest BCUT2D eigenvalue weighted by atomic mass is 9.88. The summed E-state index contributed by atoms with van der Waals surface area (Å²) in [7, 11) is 5.01. The van der Waals surface area contributed by atoms with E-state index < -0.39 is 6.04 Å². The first-order chi connectivity index (χ1) is 13.5. The zero-order valence-electron chi connectivity index (χ0n) is 16.3. The minimum Gasteiger partial charge on any atom is -0.496 e. The average molecular weight is 383 g/mol. The van der Waals surface area contributed by atoms with Crippen LogP contribution >= 0.6 is 0 Å². The molecule has 2 aliphatic rings. The normalized spacial score (nSPS) is 25.3. The molecule has 1 amide bonds. The highest BCUT2D eigenvalue weighted by Gasteiger charge is 2.50. The topological polar surface area (TPSA) is 83.8 Å². The fourth-order valence-corrected chi connectivity index (χ4v) is 4.59. The van der Waals surface area contributed by atoms with E-state index in [0.717, 1.165) is 11.3 Å². The Morgan fingerprint density at radius 3 is 2.68 bits per heavy atom. The number of para-hydroxylation sites is 1. The van der Waals surface area contributed by atoms with E-state index in [4.69, 9.17) is 4.74 Å². The Labute approximate surface area is 163 Å². The highest BCUT2D eigenvalue weighted by molar-refractivity contribution is 5.82. The molecule has 2 aromatic rings. The molecule has 3 heterocycles. The molecule has 7 heteroatoms. The molecule has 0 saturated carbocycles. The van der Waals surface area contributed by atoms with E-state index in [1.54, 1.807) is 30.7 Å². The Bertz CT molecular complexity index is 968. The van der Waals surface area contributed by atoms with Crippen molar-refractivity contribution < 1.29 is 14.6 Å². The predicted molar refractivity (Wildman–Crippen MR) is 105 cm³/mol. The molecule has 2 aliphatic heterocycles. The molecule has 2 N–H and O–H groups in total. The first-order valence-corrected chi connectivity index (χ1v) is 9.43. The molecule has 0 unspecified atom stereocenters. The molecule has 1 aromatic heterocycles. The molecular formula is C21H25N3O4. The van der Waals surface area contributed by atoms with Crippen molar-refractivity contribution in [1.82, 2.24) is 14.8 Å². The maximum Gasteiger partial charge on any atom is 0.258 e. The van der Waals surface area contributed by atoms with Crippen LogP contribution in [0.15, 0.2) is 41.2 Å². The van der Waals surface area contributed by atoms with Gasteiger partial charge in [0.2, 0.25) is 5.91 Å². The zero-order chi connectivity index (χ0) is 20.0. The standard InChI is InChI=1S/C21H25N3O4/c1-23(2)21(27)19-15(11-25)14-10-24-16(18(14)22-19)9-8-13(20(24)26)12-6-4-5-7-17(12)28-3/h4-9,14-15,18-19,22,25H,10-11H2,1-3H3/t14-,15-,18+,19-/m0/s1. The number of aromatic nitrogens is 1. The van der Waals surface area contributed by atoms with Gasteiger partial charge in [0, 0.05) is 50.3 Å². The number of nitrogens with zero attached hydrogens (tertiary/aromatic N) is 2. The zero-order valence-corrected chi connectivity index (χ0v) is 16.3. The van der Waals surface area contributed by atoms with Crippen LogP contribution in [0.5, 0.6) is 5.75 Å². The molecular weight excluding hydrogens is 358 g/mol. The lowest BCUT2D eigenvalue weighted by molar-refractivity contribution is -0.132. The highest BCUT2D eigenvalue weighted by Crippen LogP contribution is 2.43. The van der Waals surface area contributed by atoms with Gasteiger partial charge in [-0.1, -0.05) is 18.2 Å². The molecule has 0 spiro atoms. The van der Waals surface area contributed by atoms with Gasteiger partial charge in [0.1, 0.15) is 5.75 Å². The Morgan fingerprint density at radius 2 is 2.00 bits per heavy atom. The molecule has 28 heavy (non-hydrogen) atoms. The first-order valence-electron chi connectivity index (χ1n) is 9.43. The first kappa shape index (κ1) is 18.7. The van der Waals surface area contributed by atoms with Crippen molar-refractivity contribution in [2.75, 3.05) is 27.8 Å². The summed E-state index contributed by atoms with van der Waals surface area (Å²) in [6, 6.07) is 10.7. The third-order valence-corrected chi connectivity index (χ3v) is 6.00. The molecule has 1 saturated heterocycles. The van der Waals surface area contributed by atoms with Crippen LogP contribution in [0.4, 0.5) is 0 Å². The molecule has 0 aliphatic carbocycles. The molecule has 7 nitrogen and oxygen atoms in total. The second-order valence-electron chi connectivity index (χ2n) is 7.65. The van der Waals surface area contributed by atoms with Crippen LogP contribution in [0.25, 0.3) is 11.1 Å². The number of likely N-dealkylation sites (N-methyl/N-ethyl adjacent to an activating group) is 1. The number of fused-ring (bicyclic) bond motifs is 3. The van der Waals surface area contributed by atoms with Gasteiger partial charge < -0.3 is 19.3 Å². The van der Waals surface area contributed by atoms with Crippen molar-refractivity contribution in [3.63, 3.8) is 0 Å². The lowest BCUT2D eigenvalue weighted by Crippen LogP contribution is -2.45. The predicted octanol–water partition coefficient (Wildman–Crippen LogP) is 0.863. The van der Waals surface area contributed by atoms with Crippen LogP contribution in [0.2, 0.25) is 0 Å². The third-order valence-electron chi connectivity index (χ3n) is 6.00. The van der Waals surface area contributed by atoms with E-state index in [1.165, 1.54) is 0 Å². The van der Waals surface area contributed by atoms with Gasteiger partial charge in [-0.2, -0.15) is 0 Å². The summed E-state index contributed by atoms with van der Waals surface area (Å²) < 4.78 is 7.18. The van der Waals surface area contributed by atoms with Crippen molar-refractivity contribution in [1.29, 1.82) is 0 Å². The van der Waals surface area contributed by atoms with Gasteiger partial charge in [0.15, 0.2) is 0 Å². The van der Waals surface area contributed by atoms with Gasteiger partial charge >= 0.3 is 0 Å². The molecule has 1 aromatic carbocycles.